The Hall–Kier alpha value is -1.10. The molecule has 4 rings (SSSR count). The van der Waals surface area contributed by atoms with E-state index in [0.29, 0.717) is 18.2 Å². The summed E-state index contributed by atoms with van der Waals surface area (Å²) in [6.07, 6.45) is 6.49. The maximum Gasteiger partial charge on any atom is 0.240 e. The van der Waals surface area contributed by atoms with Gasteiger partial charge in [-0.05, 0) is 51.1 Å². The third-order valence-corrected chi connectivity index (χ3v) is 5.80. The average Bonchev–Trinajstić information content (AvgIpc) is 2.91. The second-order valence-corrected chi connectivity index (χ2v) is 7.49. The first-order valence-electron chi connectivity index (χ1n) is 8.46. The van der Waals surface area contributed by atoms with Crippen LogP contribution in [-0.2, 0) is 9.59 Å². The molecular formula is C16H25N3O2. The molecule has 2 atom stereocenters. The van der Waals surface area contributed by atoms with E-state index in [2.05, 4.69) is 15.1 Å². The molecule has 21 heavy (non-hydrogen) atoms. The summed E-state index contributed by atoms with van der Waals surface area (Å²) in [6.45, 7) is 4.55. The van der Waals surface area contributed by atoms with Gasteiger partial charge in [-0.2, -0.15) is 0 Å². The minimum Gasteiger partial charge on any atom is -0.355 e. The van der Waals surface area contributed by atoms with Crippen molar-refractivity contribution in [3.05, 3.63) is 0 Å². The van der Waals surface area contributed by atoms with Crippen molar-refractivity contribution in [1.29, 1.82) is 0 Å². The first-order chi connectivity index (χ1) is 10.2. The predicted octanol–water partition coefficient (Wildman–Crippen LogP) is 0.599. The van der Waals surface area contributed by atoms with Gasteiger partial charge in [0.1, 0.15) is 0 Å². The van der Waals surface area contributed by atoms with Crippen molar-refractivity contribution < 1.29 is 9.59 Å². The Bertz CT molecular complexity index is 456. The summed E-state index contributed by atoms with van der Waals surface area (Å²) in [5.74, 6) is 1.09. The van der Waals surface area contributed by atoms with Gasteiger partial charge in [0.2, 0.25) is 11.8 Å². The molecule has 4 fully saturated rings. The summed E-state index contributed by atoms with van der Waals surface area (Å²) in [4.78, 5) is 29.0. The number of nitrogens with zero attached hydrogens (tertiary/aromatic N) is 2. The highest BCUT2D eigenvalue weighted by atomic mass is 16.2. The van der Waals surface area contributed by atoms with Crippen molar-refractivity contribution >= 4 is 11.8 Å². The number of nitrogens with one attached hydrogen (secondary N) is 1. The van der Waals surface area contributed by atoms with Crippen LogP contribution in [0.15, 0.2) is 0 Å². The molecule has 2 amide bonds. The van der Waals surface area contributed by atoms with Gasteiger partial charge in [0, 0.05) is 31.5 Å². The topological polar surface area (TPSA) is 52.7 Å². The zero-order valence-electron chi connectivity index (χ0n) is 12.6. The molecule has 1 spiro atoms. The van der Waals surface area contributed by atoms with E-state index in [0.717, 1.165) is 39.1 Å². The van der Waals surface area contributed by atoms with Crippen molar-refractivity contribution in [1.82, 2.24) is 15.1 Å². The van der Waals surface area contributed by atoms with Gasteiger partial charge in [-0.25, -0.2) is 0 Å². The van der Waals surface area contributed by atoms with E-state index < -0.39 is 0 Å². The van der Waals surface area contributed by atoms with Gasteiger partial charge in [-0.3, -0.25) is 14.5 Å². The Morgan fingerprint density at radius 3 is 2.62 bits per heavy atom. The van der Waals surface area contributed by atoms with Crippen LogP contribution < -0.4 is 5.32 Å². The highest BCUT2D eigenvalue weighted by Gasteiger charge is 2.49. The van der Waals surface area contributed by atoms with Crippen molar-refractivity contribution in [2.24, 2.45) is 11.3 Å². The molecule has 3 heterocycles. The lowest BCUT2D eigenvalue weighted by Gasteiger charge is -2.31. The van der Waals surface area contributed by atoms with Gasteiger partial charge in [0.05, 0.1) is 6.04 Å². The monoisotopic (exact) mass is 291 g/mol. The normalized spacial score (nSPS) is 34.7. The van der Waals surface area contributed by atoms with Gasteiger partial charge in [-0.15, -0.1) is 0 Å². The van der Waals surface area contributed by atoms with Crippen LogP contribution in [0.3, 0.4) is 0 Å². The number of hydrogen-bond acceptors (Lipinski definition) is 3. The molecule has 0 aromatic heterocycles. The van der Waals surface area contributed by atoms with E-state index in [1.807, 2.05) is 0 Å². The molecule has 0 bridgehead atoms. The molecule has 1 N–H and O–H groups in total. The number of rotatable bonds is 3. The number of amides is 2. The van der Waals surface area contributed by atoms with Crippen LogP contribution in [0.1, 0.15) is 38.5 Å². The fourth-order valence-corrected chi connectivity index (χ4v) is 4.44. The maximum atomic E-state index is 13.0. The van der Waals surface area contributed by atoms with Crippen LogP contribution in [0.5, 0.6) is 0 Å². The quantitative estimate of drug-likeness (QED) is 0.828. The molecule has 0 aromatic carbocycles. The second-order valence-electron chi connectivity index (χ2n) is 7.49. The van der Waals surface area contributed by atoms with Gasteiger partial charge >= 0.3 is 0 Å². The summed E-state index contributed by atoms with van der Waals surface area (Å²) in [5.41, 5.74) is 0.0336. The predicted molar refractivity (Wildman–Crippen MR) is 78.6 cm³/mol. The molecule has 5 nitrogen and oxygen atoms in total. The summed E-state index contributed by atoms with van der Waals surface area (Å²) in [7, 11) is 0. The van der Waals surface area contributed by atoms with E-state index in [-0.39, 0.29) is 17.4 Å². The summed E-state index contributed by atoms with van der Waals surface area (Å²) in [5, 5.41) is 2.94. The number of carbonyl (C=O) groups excluding carboxylic acids is 2. The molecule has 1 aliphatic carbocycles. The van der Waals surface area contributed by atoms with E-state index in [1.165, 1.54) is 25.7 Å². The SMILES string of the molecule is O=C1CC2(CCN(C(=O)C(C3CC3)N3CCCC3)C2)CN1. The molecule has 3 aliphatic heterocycles. The minimum atomic E-state index is 0.0336. The fraction of sp³-hybridized carbons (Fsp3) is 0.875. The molecule has 2 unspecified atom stereocenters. The summed E-state index contributed by atoms with van der Waals surface area (Å²) >= 11 is 0. The van der Waals surface area contributed by atoms with Crippen LogP contribution in [0.4, 0.5) is 0 Å². The molecule has 3 saturated heterocycles. The Kier molecular flexibility index (Phi) is 3.21. The Balaban J connectivity index is 1.45. The highest BCUT2D eigenvalue weighted by Crippen LogP contribution is 2.41. The lowest BCUT2D eigenvalue weighted by molar-refractivity contribution is -0.137. The number of hydrogen-bond donors (Lipinski definition) is 1. The lowest BCUT2D eigenvalue weighted by atomic mass is 9.86. The Morgan fingerprint density at radius 1 is 1.24 bits per heavy atom. The molecule has 5 heteroatoms. The standard InChI is InChI=1S/C16H25N3O2/c20-13-9-16(10-17-13)5-8-19(11-16)15(21)14(12-3-4-12)18-6-1-2-7-18/h12,14H,1-11H2,(H,17,20). The molecule has 0 aromatic rings. The molecule has 116 valence electrons. The summed E-state index contributed by atoms with van der Waals surface area (Å²) < 4.78 is 0. The van der Waals surface area contributed by atoms with Crippen LogP contribution in [-0.4, -0.2) is 60.4 Å². The lowest BCUT2D eigenvalue weighted by Crippen LogP contribution is -2.49. The summed E-state index contributed by atoms with van der Waals surface area (Å²) in [6, 6.07) is 0.132. The number of carbonyl (C=O) groups is 2. The van der Waals surface area contributed by atoms with Crippen LogP contribution >= 0.6 is 0 Å². The average molecular weight is 291 g/mol. The number of likely N-dealkylation sites (tertiary alicyclic amines) is 2. The Morgan fingerprint density at radius 2 is 2.00 bits per heavy atom. The smallest absolute Gasteiger partial charge is 0.240 e. The molecule has 0 radical (unpaired) electrons. The van der Waals surface area contributed by atoms with Crippen LogP contribution in [0.2, 0.25) is 0 Å². The van der Waals surface area contributed by atoms with Gasteiger partial charge in [0.15, 0.2) is 0 Å². The van der Waals surface area contributed by atoms with E-state index in [4.69, 9.17) is 0 Å². The molecule has 1 saturated carbocycles. The zero-order chi connectivity index (χ0) is 14.4. The van der Waals surface area contributed by atoms with Crippen molar-refractivity contribution in [3.8, 4) is 0 Å². The van der Waals surface area contributed by atoms with Gasteiger partial charge in [0.25, 0.3) is 0 Å². The Labute approximate surface area is 126 Å². The second kappa shape index (κ2) is 4.97. The first kappa shape index (κ1) is 13.6. The zero-order valence-corrected chi connectivity index (χ0v) is 12.6. The van der Waals surface area contributed by atoms with Crippen LogP contribution in [0.25, 0.3) is 0 Å². The largest absolute Gasteiger partial charge is 0.355 e. The fourth-order valence-electron chi connectivity index (χ4n) is 4.44. The van der Waals surface area contributed by atoms with E-state index >= 15 is 0 Å². The highest BCUT2D eigenvalue weighted by molar-refractivity contribution is 5.84. The minimum absolute atomic E-state index is 0.0336. The first-order valence-corrected chi connectivity index (χ1v) is 8.46. The van der Waals surface area contributed by atoms with Crippen LogP contribution in [0, 0.1) is 11.3 Å². The molecular weight excluding hydrogens is 266 g/mol. The van der Waals surface area contributed by atoms with Gasteiger partial charge < -0.3 is 10.2 Å². The van der Waals surface area contributed by atoms with Gasteiger partial charge in [-0.1, -0.05) is 0 Å². The van der Waals surface area contributed by atoms with E-state index in [9.17, 15) is 9.59 Å². The van der Waals surface area contributed by atoms with Crippen molar-refractivity contribution in [2.75, 3.05) is 32.7 Å². The third-order valence-electron chi connectivity index (χ3n) is 5.80. The van der Waals surface area contributed by atoms with E-state index in [1.54, 1.807) is 0 Å². The molecule has 4 aliphatic rings. The maximum absolute atomic E-state index is 13.0. The van der Waals surface area contributed by atoms with Crippen molar-refractivity contribution in [2.45, 2.75) is 44.6 Å². The third kappa shape index (κ3) is 2.45. The van der Waals surface area contributed by atoms with Crippen molar-refractivity contribution in [3.63, 3.8) is 0 Å².